The van der Waals surface area contributed by atoms with Gasteiger partial charge in [-0.05, 0) is 16.7 Å². The summed E-state index contributed by atoms with van der Waals surface area (Å²) in [7, 11) is 0. The molecule has 18 heavy (non-hydrogen) atoms. The fourth-order valence-corrected chi connectivity index (χ4v) is 1.72. The molecule has 0 unspecified atom stereocenters. The molecule has 92 valence electrons. The van der Waals surface area contributed by atoms with E-state index >= 15 is 0 Å². The standard InChI is InChI=1S/C15H16N2O/c1-12(18)17-16-11-13-7-9-15(10-8-13)14-5-3-2-4-6-14/h2-10,16H,11H2,1H3,(H,17,18). The fourth-order valence-electron chi connectivity index (χ4n) is 1.72. The van der Waals surface area contributed by atoms with Crippen molar-refractivity contribution >= 4 is 5.91 Å². The van der Waals surface area contributed by atoms with Crippen molar-refractivity contribution in [2.45, 2.75) is 13.5 Å². The van der Waals surface area contributed by atoms with E-state index in [0.717, 1.165) is 5.56 Å². The van der Waals surface area contributed by atoms with E-state index in [2.05, 4.69) is 47.2 Å². The molecule has 2 rings (SSSR count). The molecule has 0 radical (unpaired) electrons. The summed E-state index contributed by atoms with van der Waals surface area (Å²) in [6.45, 7) is 2.10. The van der Waals surface area contributed by atoms with E-state index in [4.69, 9.17) is 0 Å². The molecule has 0 saturated carbocycles. The number of amides is 1. The van der Waals surface area contributed by atoms with E-state index in [1.807, 2.05) is 18.2 Å². The summed E-state index contributed by atoms with van der Waals surface area (Å²) >= 11 is 0. The lowest BCUT2D eigenvalue weighted by molar-refractivity contribution is -0.119. The van der Waals surface area contributed by atoms with Crippen LogP contribution in [0.3, 0.4) is 0 Å². The molecule has 0 aliphatic heterocycles. The molecule has 2 aromatic carbocycles. The molecule has 0 heterocycles. The smallest absolute Gasteiger partial charge is 0.230 e. The zero-order chi connectivity index (χ0) is 12.8. The maximum Gasteiger partial charge on any atom is 0.230 e. The Bertz CT molecular complexity index is 506. The monoisotopic (exact) mass is 240 g/mol. The predicted molar refractivity (Wildman–Crippen MR) is 72.5 cm³/mol. The Morgan fingerprint density at radius 3 is 2.17 bits per heavy atom. The molecule has 0 fully saturated rings. The first-order valence-electron chi connectivity index (χ1n) is 5.89. The second kappa shape index (κ2) is 5.98. The summed E-state index contributed by atoms with van der Waals surface area (Å²) in [5.74, 6) is -0.0871. The molecule has 0 aliphatic rings. The van der Waals surface area contributed by atoms with Crippen molar-refractivity contribution in [3.63, 3.8) is 0 Å². The topological polar surface area (TPSA) is 41.1 Å². The molecule has 2 aromatic rings. The number of benzene rings is 2. The van der Waals surface area contributed by atoms with Crippen LogP contribution in [-0.4, -0.2) is 5.91 Å². The lowest BCUT2D eigenvalue weighted by Crippen LogP contribution is -2.34. The van der Waals surface area contributed by atoms with Gasteiger partial charge in [0.2, 0.25) is 5.91 Å². The van der Waals surface area contributed by atoms with Gasteiger partial charge in [0.15, 0.2) is 0 Å². The van der Waals surface area contributed by atoms with Crippen molar-refractivity contribution in [2.24, 2.45) is 0 Å². The highest BCUT2D eigenvalue weighted by Gasteiger charge is 1.97. The quantitative estimate of drug-likeness (QED) is 0.806. The van der Waals surface area contributed by atoms with Gasteiger partial charge < -0.3 is 0 Å². The van der Waals surface area contributed by atoms with Gasteiger partial charge >= 0.3 is 0 Å². The Hall–Kier alpha value is -2.13. The Morgan fingerprint density at radius 2 is 1.56 bits per heavy atom. The normalized spacial score (nSPS) is 10.1. The number of carbonyl (C=O) groups is 1. The second-order valence-electron chi connectivity index (χ2n) is 4.10. The third-order valence-electron chi connectivity index (χ3n) is 2.62. The second-order valence-corrected chi connectivity index (χ2v) is 4.10. The largest absolute Gasteiger partial charge is 0.292 e. The number of hydrogen-bond acceptors (Lipinski definition) is 2. The maximum atomic E-state index is 10.7. The van der Waals surface area contributed by atoms with Gasteiger partial charge in [0, 0.05) is 13.5 Å². The molecule has 2 N–H and O–H groups in total. The van der Waals surface area contributed by atoms with Crippen LogP contribution in [0.5, 0.6) is 0 Å². The van der Waals surface area contributed by atoms with Crippen LogP contribution in [0.1, 0.15) is 12.5 Å². The van der Waals surface area contributed by atoms with E-state index in [0.29, 0.717) is 6.54 Å². The van der Waals surface area contributed by atoms with Gasteiger partial charge in [0.25, 0.3) is 0 Å². The average molecular weight is 240 g/mol. The first-order chi connectivity index (χ1) is 8.75. The van der Waals surface area contributed by atoms with E-state index in [1.54, 1.807) is 0 Å². The van der Waals surface area contributed by atoms with Crippen LogP contribution in [0.4, 0.5) is 0 Å². The summed E-state index contributed by atoms with van der Waals surface area (Å²) in [5, 5.41) is 0. The van der Waals surface area contributed by atoms with E-state index in [1.165, 1.54) is 18.1 Å². The molecule has 3 heteroatoms. The Kier molecular flexibility index (Phi) is 4.10. The number of hydrazine groups is 1. The van der Waals surface area contributed by atoms with E-state index < -0.39 is 0 Å². The van der Waals surface area contributed by atoms with Crippen molar-refractivity contribution < 1.29 is 4.79 Å². The molecule has 0 aromatic heterocycles. The van der Waals surface area contributed by atoms with Gasteiger partial charge in [-0.3, -0.25) is 10.2 Å². The van der Waals surface area contributed by atoms with E-state index in [9.17, 15) is 4.79 Å². The molecular formula is C15H16N2O. The summed E-state index contributed by atoms with van der Waals surface area (Å²) < 4.78 is 0. The third kappa shape index (κ3) is 3.43. The number of carbonyl (C=O) groups excluding carboxylic acids is 1. The fraction of sp³-hybridized carbons (Fsp3) is 0.133. The first-order valence-corrected chi connectivity index (χ1v) is 5.89. The molecule has 3 nitrogen and oxygen atoms in total. The summed E-state index contributed by atoms with van der Waals surface area (Å²) in [5.41, 5.74) is 8.94. The SMILES string of the molecule is CC(=O)NNCc1ccc(-c2ccccc2)cc1. The highest BCUT2D eigenvalue weighted by atomic mass is 16.2. The Labute approximate surface area is 107 Å². The van der Waals surface area contributed by atoms with Crippen LogP contribution in [0.25, 0.3) is 11.1 Å². The molecule has 0 saturated heterocycles. The molecule has 0 bridgehead atoms. The highest BCUT2D eigenvalue weighted by molar-refractivity contribution is 5.72. The van der Waals surface area contributed by atoms with Gasteiger partial charge in [-0.1, -0.05) is 54.6 Å². The van der Waals surface area contributed by atoms with Crippen LogP contribution < -0.4 is 10.9 Å². The van der Waals surface area contributed by atoms with Crippen molar-refractivity contribution in [1.29, 1.82) is 0 Å². The number of hydrogen-bond donors (Lipinski definition) is 2. The molecule has 1 amide bonds. The molecule has 0 aliphatic carbocycles. The Morgan fingerprint density at radius 1 is 0.944 bits per heavy atom. The Balaban J connectivity index is 2.00. The maximum absolute atomic E-state index is 10.7. The number of nitrogens with one attached hydrogen (secondary N) is 2. The van der Waals surface area contributed by atoms with Gasteiger partial charge in [0.1, 0.15) is 0 Å². The van der Waals surface area contributed by atoms with Crippen molar-refractivity contribution in [1.82, 2.24) is 10.9 Å². The molecular weight excluding hydrogens is 224 g/mol. The number of rotatable bonds is 4. The third-order valence-corrected chi connectivity index (χ3v) is 2.62. The van der Waals surface area contributed by atoms with Crippen molar-refractivity contribution in [3.8, 4) is 11.1 Å². The average Bonchev–Trinajstić information content (AvgIpc) is 2.40. The summed E-state index contributed by atoms with van der Waals surface area (Å²) in [6, 6.07) is 18.5. The van der Waals surface area contributed by atoms with Crippen LogP contribution >= 0.6 is 0 Å². The van der Waals surface area contributed by atoms with Crippen LogP contribution in [0.2, 0.25) is 0 Å². The lowest BCUT2D eigenvalue weighted by atomic mass is 10.0. The molecule has 0 atom stereocenters. The van der Waals surface area contributed by atoms with Crippen LogP contribution in [-0.2, 0) is 11.3 Å². The van der Waals surface area contributed by atoms with Gasteiger partial charge in [-0.15, -0.1) is 0 Å². The first kappa shape index (κ1) is 12.3. The van der Waals surface area contributed by atoms with Gasteiger partial charge in [-0.25, -0.2) is 5.43 Å². The van der Waals surface area contributed by atoms with Gasteiger partial charge in [-0.2, -0.15) is 0 Å². The summed E-state index contributed by atoms with van der Waals surface area (Å²) in [4.78, 5) is 10.7. The van der Waals surface area contributed by atoms with Crippen molar-refractivity contribution in [3.05, 3.63) is 60.2 Å². The minimum absolute atomic E-state index is 0.0871. The van der Waals surface area contributed by atoms with E-state index in [-0.39, 0.29) is 5.91 Å². The minimum Gasteiger partial charge on any atom is -0.292 e. The predicted octanol–water partition coefficient (Wildman–Crippen LogP) is 2.49. The minimum atomic E-state index is -0.0871. The van der Waals surface area contributed by atoms with Crippen molar-refractivity contribution in [2.75, 3.05) is 0 Å². The lowest BCUT2D eigenvalue weighted by Gasteiger charge is -2.06. The molecule has 0 spiro atoms. The van der Waals surface area contributed by atoms with Gasteiger partial charge in [0.05, 0.1) is 0 Å². The van der Waals surface area contributed by atoms with Crippen LogP contribution in [0.15, 0.2) is 54.6 Å². The zero-order valence-electron chi connectivity index (χ0n) is 10.3. The zero-order valence-corrected chi connectivity index (χ0v) is 10.3. The van der Waals surface area contributed by atoms with Crippen LogP contribution in [0, 0.1) is 0 Å². The summed E-state index contributed by atoms with van der Waals surface area (Å²) in [6.07, 6.45) is 0. The highest BCUT2D eigenvalue weighted by Crippen LogP contribution is 2.18.